The van der Waals surface area contributed by atoms with Crippen molar-refractivity contribution in [3.05, 3.63) is 64.5 Å². The summed E-state index contributed by atoms with van der Waals surface area (Å²) in [6.07, 6.45) is 0. The number of rotatable bonds is 7. The van der Waals surface area contributed by atoms with Crippen molar-refractivity contribution in [1.82, 2.24) is 4.98 Å². The monoisotopic (exact) mass is 409 g/mol. The first-order chi connectivity index (χ1) is 14.4. The van der Waals surface area contributed by atoms with E-state index in [0.717, 1.165) is 10.8 Å². The molecule has 0 atom stereocenters. The Labute approximate surface area is 173 Å². The van der Waals surface area contributed by atoms with Crippen LogP contribution in [0.1, 0.15) is 49.4 Å². The number of esters is 2. The molecule has 0 bridgehead atoms. The van der Waals surface area contributed by atoms with Gasteiger partial charge in [-0.3, -0.25) is 4.79 Å². The molecule has 1 heterocycles. The fourth-order valence-electron chi connectivity index (χ4n) is 3.42. The van der Waals surface area contributed by atoms with Crippen LogP contribution in [0.5, 0.6) is 5.75 Å². The molecule has 0 spiro atoms. The molecule has 0 aliphatic heterocycles. The van der Waals surface area contributed by atoms with Crippen LogP contribution in [0.25, 0.3) is 10.8 Å². The number of nitrogens with one attached hydrogen (secondary N) is 1. The van der Waals surface area contributed by atoms with E-state index >= 15 is 0 Å². The summed E-state index contributed by atoms with van der Waals surface area (Å²) >= 11 is 0. The molecule has 0 saturated heterocycles. The fraction of sp³-hybridized carbons (Fsp3) is 0.261. The van der Waals surface area contributed by atoms with Crippen LogP contribution in [-0.4, -0.2) is 43.0 Å². The molecule has 3 aromatic rings. The van der Waals surface area contributed by atoms with Crippen LogP contribution < -0.4 is 4.74 Å². The first kappa shape index (κ1) is 21.1. The molecule has 0 amide bonds. The molecule has 3 rings (SSSR count). The van der Waals surface area contributed by atoms with E-state index in [4.69, 9.17) is 14.2 Å². The lowest BCUT2D eigenvalue weighted by Gasteiger charge is -2.11. The predicted octanol–water partition coefficient (Wildman–Crippen LogP) is 4.01. The summed E-state index contributed by atoms with van der Waals surface area (Å²) in [6.45, 7) is 4.72. The quantitative estimate of drug-likeness (QED) is 0.468. The van der Waals surface area contributed by atoms with Gasteiger partial charge in [0, 0.05) is 11.4 Å². The topological polar surface area (TPSA) is 94.7 Å². The lowest BCUT2D eigenvalue weighted by atomic mass is 10.0. The summed E-state index contributed by atoms with van der Waals surface area (Å²) in [7, 11) is 1.46. The fourth-order valence-corrected chi connectivity index (χ4v) is 3.42. The van der Waals surface area contributed by atoms with Gasteiger partial charge in [-0.05, 0) is 43.7 Å². The number of carbonyl (C=O) groups is 3. The van der Waals surface area contributed by atoms with E-state index in [2.05, 4.69) is 4.98 Å². The van der Waals surface area contributed by atoms with Crippen molar-refractivity contribution in [3.63, 3.8) is 0 Å². The van der Waals surface area contributed by atoms with Gasteiger partial charge in [-0.15, -0.1) is 0 Å². The Morgan fingerprint density at radius 3 is 2.17 bits per heavy atom. The minimum absolute atomic E-state index is 0.165. The Kier molecular flexibility index (Phi) is 6.20. The molecule has 0 fully saturated rings. The average Bonchev–Trinajstić information content (AvgIpc) is 3.04. The molecule has 0 saturated carbocycles. The number of hydrogen-bond donors (Lipinski definition) is 1. The highest BCUT2D eigenvalue weighted by Gasteiger charge is 2.26. The van der Waals surface area contributed by atoms with Crippen LogP contribution in [0.15, 0.2) is 36.4 Å². The van der Waals surface area contributed by atoms with Crippen molar-refractivity contribution in [2.24, 2.45) is 0 Å². The van der Waals surface area contributed by atoms with Crippen LogP contribution in [0.4, 0.5) is 0 Å². The van der Waals surface area contributed by atoms with Crippen LogP contribution in [0, 0.1) is 13.8 Å². The van der Waals surface area contributed by atoms with E-state index in [0.29, 0.717) is 17.1 Å². The zero-order chi connectivity index (χ0) is 21.8. The van der Waals surface area contributed by atoms with Crippen LogP contribution in [-0.2, 0) is 9.47 Å². The van der Waals surface area contributed by atoms with E-state index in [1.54, 1.807) is 32.9 Å². The maximum absolute atomic E-state index is 12.8. The number of carbonyl (C=O) groups excluding carboxylic acids is 3. The summed E-state index contributed by atoms with van der Waals surface area (Å²) in [5.41, 5.74) is 1.59. The minimum Gasteiger partial charge on any atom is -0.496 e. The van der Waals surface area contributed by atoms with E-state index < -0.39 is 24.3 Å². The van der Waals surface area contributed by atoms with Crippen LogP contribution in [0.3, 0.4) is 0 Å². The molecule has 0 aliphatic carbocycles. The average molecular weight is 409 g/mol. The van der Waals surface area contributed by atoms with E-state index in [1.165, 1.54) is 7.11 Å². The number of benzene rings is 2. The van der Waals surface area contributed by atoms with Gasteiger partial charge in [0.15, 0.2) is 6.61 Å². The second kappa shape index (κ2) is 8.82. The number of ether oxygens (including phenoxy) is 3. The minimum atomic E-state index is -0.687. The van der Waals surface area contributed by atoms with Crippen LogP contribution in [0.2, 0.25) is 0 Å². The van der Waals surface area contributed by atoms with Gasteiger partial charge in [0.05, 0.1) is 24.8 Å². The molecule has 1 N–H and O–H groups in total. The molecule has 7 heteroatoms. The van der Waals surface area contributed by atoms with Crippen LogP contribution >= 0.6 is 0 Å². The van der Waals surface area contributed by atoms with Crippen molar-refractivity contribution < 1.29 is 28.6 Å². The number of aromatic amines is 1. The van der Waals surface area contributed by atoms with Crippen molar-refractivity contribution >= 4 is 28.5 Å². The molecule has 0 radical (unpaired) electrons. The van der Waals surface area contributed by atoms with Gasteiger partial charge in [-0.2, -0.15) is 0 Å². The number of aromatic nitrogens is 1. The third kappa shape index (κ3) is 4.05. The number of Topliss-reactive ketones (excluding diaryl/α,β-unsaturated/α-hetero) is 1. The molecule has 0 unspecified atom stereocenters. The number of methoxy groups -OCH3 is 1. The number of ketones is 1. The van der Waals surface area contributed by atoms with Crippen molar-refractivity contribution in [2.45, 2.75) is 20.8 Å². The molecule has 1 aromatic heterocycles. The third-order valence-corrected chi connectivity index (χ3v) is 4.76. The zero-order valence-electron chi connectivity index (χ0n) is 17.3. The summed E-state index contributed by atoms with van der Waals surface area (Å²) in [5.74, 6) is -1.42. The van der Waals surface area contributed by atoms with E-state index in [9.17, 15) is 14.4 Å². The van der Waals surface area contributed by atoms with Gasteiger partial charge in [-0.1, -0.05) is 24.3 Å². The molecule has 2 aromatic carbocycles. The second-order valence-electron chi connectivity index (χ2n) is 6.74. The largest absolute Gasteiger partial charge is 0.496 e. The first-order valence-electron chi connectivity index (χ1n) is 9.50. The second-order valence-corrected chi connectivity index (χ2v) is 6.74. The normalized spacial score (nSPS) is 10.7. The van der Waals surface area contributed by atoms with Crippen molar-refractivity contribution in [1.29, 1.82) is 0 Å². The van der Waals surface area contributed by atoms with E-state index in [-0.39, 0.29) is 23.3 Å². The lowest BCUT2D eigenvalue weighted by molar-refractivity contribution is 0.0469. The summed E-state index contributed by atoms with van der Waals surface area (Å²) in [6, 6.07) is 10.9. The highest BCUT2D eigenvalue weighted by atomic mass is 16.5. The Balaban J connectivity index is 1.83. The van der Waals surface area contributed by atoms with Gasteiger partial charge in [0.2, 0.25) is 5.78 Å². The van der Waals surface area contributed by atoms with Gasteiger partial charge in [-0.25, -0.2) is 9.59 Å². The Bertz CT molecular complexity index is 1130. The summed E-state index contributed by atoms with van der Waals surface area (Å²) in [5, 5.41) is 1.76. The van der Waals surface area contributed by atoms with Gasteiger partial charge >= 0.3 is 11.9 Å². The maximum atomic E-state index is 12.8. The molecule has 156 valence electrons. The lowest BCUT2D eigenvalue weighted by Crippen LogP contribution is -2.18. The van der Waals surface area contributed by atoms with Crippen molar-refractivity contribution in [3.8, 4) is 5.75 Å². The van der Waals surface area contributed by atoms with Gasteiger partial charge < -0.3 is 19.2 Å². The first-order valence-corrected chi connectivity index (χ1v) is 9.50. The maximum Gasteiger partial charge on any atom is 0.342 e. The highest BCUT2D eigenvalue weighted by molar-refractivity contribution is 6.09. The Hall–Kier alpha value is -3.61. The smallest absolute Gasteiger partial charge is 0.342 e. The van der Waals surface area contributed by atoms with Crippen molar-refractivity contribution in [2.75, 3.05) is 20.3 Å². The van der Waals surface area contributed by atoms with Gasteiger partial charge in [0.25, 0.3) is 0 Å². The number of hydrogen-bond acceptors (Lipinski definition) is 6. The Morgan fingerprint density at radius 2 is 1.53 bits per heavy atom. The molecule has 7 nitrogen and oxygen atoms in total. The number of fused-ring (bicyclic) bond motifs is 1. The van der Waals surface area contributed by atoms with Gasteiger partial charge in [0.1, 0.15) is 11.3 Å². The molecule has 30 heavy (non-hydrogen) atoms. The number of H-pyrrole nitrogens is 1. The summed E-state index contributed by atoms with van der Waals surface area (Å²) in [4.78, 5) is 40.7. The standard InChI is InChI=1S/C23H23NO6/c1-5-29-23(27)21-14(3)24-13(2)20(21)18(25)12-30-22(26)17-10-15-8-6-7-9-16(15)11-19(17)28-4/h6-11,24H,5,12H2,1-4H3. The highest BCUT2D eigenvalue weighted by Crippen LogP contribution is 2.27. The summed E-state index contributed by atoms with van der Waals surface area (Å²) < 4.78 is 15.6. The molecular formula is C23H23NO6. The predicted molar refractivity (Wildman–Crippen MR) is 111 cm³/mol. The Morgan fingerprint density at radius 1 is 0.900 bits per heavy atom. The third-order valence-electron chi connectivity index (χ3n) is 4.76. The van der Waals surface area contributed by atoms with E-state index in [1.807, 2.05) is 24.3 Å². The number of aryl methyl sites for hydroxylation is 2. The molecule has 0 aliphatic rings. The SMILES string of the molecule is CCOC(=O)c1c(C)[nH]c(C)c1C(=O)COC(=O)c1cc2ccccc2cc1OC. The molecular weight excluding hydrogens is 386 g/mol. The zero-order valence-corrected chi connectivity index (χ0v) is 17.3.